The van der Waals surface area contributed by atoms with Crippen molar-refractivity contribution in [2.75, 3.05) is 6.54 Å². The number of nitriles is 1. The van der Waals surface area contributed by atoms with Crippen LogP contribution in [0.3, 0.4) is 0 Å². The molecule has 0 aliphatic heterocycles. The molecule has 1 atom stereocenters. The molecule has 4 nitrogen and oxygen atoms in total. The lowest BCUT2D eigenvalue weighted by Crippen LogP contribution is -2.28. The van der Waals surface area contributed by atoms with E-state index in [4.69, 9.17) is 5.26 Å². The van der Waals surface area contributed by atoms with Gasteiger partial charge < -0.3 is 5.32 Å². The van der Waals surface area contributed by atoms with E-state index in [9.17, 15) is 0 Å². The van der Waals surface area contributed by atoms with Crippen LogP contribution in [0.1, 0.15) is 37.2 Å². The zero-order valence-electron chi connectivity index (χ0n) is 11.2. The average Bonchev–Trinajstić information content (AvgIpc) is 2.59. The molecule has 0 saturated carbocycles. The molecule has 1 N–H and O–H groups in total. The van der Waals surface area contributed by atoms with Gasteiger partial charge in [-0.05, 0) is 38.8 Å². The van der Waals surface area contributed by atoms with Gasteiger partial charge in [0, 0.05) is 12.2 Å². The summed E-state index contributed by atoms with van der Waals surface area (Å²) in [6.45, 7) is 9.95. The van der Waals surface area contributed by atoms with Gasteiger partial charge in [0.25, 0.3) is 0 Å². The normalized spacial score (nSPS) is 12.4. The van der Waals surface area contributed by atoms with Crippen LogP contribution < -0.4 is 5.32 Å². The van der Waals surface area contributed by atoms with E-state index in [2.05, 4.69) is 37.3 Å². The predicted molar refractivity (Wildman–Crippen MR) is 68.8 cm³/mol. The molecule has 0 bridgehead atoms. The highest BCUT2D eigenvalue weighted by atomic mass is 15.3. The van der Waals surface area contributed by atoms with Gasteiger partial charge in [-0.2, -0.15) is 10.4 Å². The molecule has 94 valence electrons. The highest BCUT2D eigenvalue weighted by Crippen LogP contribution is 2.14. The van der Waals surface area contributed by atoms with Crippen LogP contribution in [-0.4, -0.2) is 22.4 Å². The summed E-state index contributed by atoms with van der Waals surface area (Å²) in [5, 5.41) is 16.7. The van der Waals surface area contributed by atoms with Crippen molar-refractivity contribution in [3.8, 4) is 6.07 Å². The fraction of sp³-hybridized carbons (Fsp3) is 0.692. The second kappa shape index (κ2) is 6.41. The Kier molecular flexibility index (Phi) is 5.17. The van der Waals surface area contributed by atoms with Crippen molar-refractivity contribution in [1.29, 1.82) is 5.26 Å². The van der Waals surface area contributed by atoms with Gasteiger partial charge in [0.2, 0.25) is 0 Å². The first kappa shape index (κ1) is 13.7. The van der Waals surface area contributed by atoms with Crippen LogP contribution in [0.2, 0.25) is 0 Å². The van der Waals surface area contributed by atoms with Crippen molar-refractivity contribution < 1.29 is 0 Å². The van der Waals surface area contributed by atoms with Gasteiger partial charge in [-0.3, -0.25) is 4.68 Å². The summed E-state index contributed by atoms with van der Waals surface area (Å²) in [5.41, 5.74) is 3.68. The van der Waals surface area contributed by atoms with Gasteiger partial charge in [0.15, 0.2) is 0 Å². The number of hydrogen-bond acceptors (Lipinski definition) is 3. The molecule has 0 spiro atoms. The summed E-state index contributed by atoms with van der Waals surface area (Å²) in [5.74, 6) is 0. The smallest absolute Gasteiger partial charge is 0.0970 e. The first-order chi connectivity index (χ1) is 8.13. The van der Waals surface area contributed by atoms with E-state index in [1.165, 1.54) is 11.3 Å². The van der Waals surface area contributed by atoms with Crippen molar-refractivity contribution in [2.45, 2.75) is 53.1 Å². The Bertz CT molecular complexity index is 400. The van der Waals surface area contributed by atoms with Crippen LogP contribution in [-0.2, 0) is 13.0 Å². The van der Waals surface area contributed by atoms with E-state index in [0.717, 1.165) is 31.6 Å². The molecular weight excluding hydrogens is 212 g/mol. The van der Waals surface area contributed by atoms with Gasteiger partial charge in [-0.15, -0.1) is 0 Å². The number of rotatable bonds is 6. The van der Waals surface area contributed by atoms with Gasteiger partial charge in [0.1, 0.15) is 0 Å². The highest BCUT2D eigenvalue weighted by molar-refractivity contribution is 5.24. The first-order valence-corrected chi connectivity index (χ1v) is 6.29. The maximum absolute atomic E-state index is 8.97. The second-order valence-corrected chi connectivity index (χ2v) is 4.25. The monoisotopic (exact) mass is 234 g/mol. The van der Waals surface area contributed by atoms with Crippen LogP contribution in [0.25, 0.3) is 0 Å². The molecule has 0 aliphatic carbocycles. The molecule has 0 radical (unpaired) electrons. The number of hydrogen-bond donors (Lipinski definition) is 1. The number of nitrogens with one attached hydrogen (secondary N) is 1. The molecular formula is C13H22N4. The Balaban J connectivity index is 2.67. The summed E-state index contributed by atoms with van der Waals surface area (Å²) < 4.78 is 2.02. The number of aromatic nitrogens is 2. The second-order valence-electron chi connectivity index (χ2n) is 4.25. The van der Waals surface area contributed by atoms with E-state index in [-0.39, 0.29) is 6.04 Å². The molecule has 1 heterocycles. The fourth-order valence-electron chi connectivity index (χ4n) is 2.17. The summed E-state index contributed by atoms with van der Waals surface area (Å²) in [6.07, 6.45) is 1.82. The van der Waals surface area contributed by atoms with Gasteiger partial charge in [-0.1, -0.05) is 13.8 Å². The zero-order valence-corrected chi connectivity index (χ0v) is 11.2. The molecule has 0 fully saturated rings. The SMILES string of the molecule is CCNC(C#N)CCn1nc(C)c(CC)c1C. The van der Waals surface area contributed by atoms with Crippen LogP contribution in [0.4, 0.5) is 0 Å². The standard InChI is InChI=1S/C13H22N4/c1-5-13-10(3)16-17(11(13)4)8-7-12(9-14)15-6-2/h12,15H,5-8H2,1-4H3. The molecule has 4 heteroatoms. The van der Waals surface area contributed by atoms with Crippen LogP contribution in [0.15, 0.2) is 0 Å². The lowest BCUT2D eigenvalue weighted by molar-refractivity contribution is 0.493. The van der Waals surface area contributed by atoms with Crippen molar-refractivity contribution in [1.82, 2.24) is 15.1 Å². The Morgan fingerprint density at radius 3 is 2.59 bits per heavy atom. The number of nitrogens with zero attached hydrogens (tertiary/aromatic N) is 3. The third kappa shape index (κ3) is 3.31. The van der Waals surface area contributed by atoms with E-state index >= 15 is 0 Å². The highest BCUT2D eigenvalue weighted by Gasteiger charge is 2.11. The third-order valence-corrected chi connectivity index (χ3v) is 3.12. The molecule has 0 amide bonds. The van der Waals surface area contributed by atoms with Crippen molar-refractivity contribution in [3.63, 3.8) is 0 Å². The largest absolute Gasteiger partial charge is 0.302 e. The quantitative estimate of drug-likeness (QED) is 0.818. The molecule has 17 heavy (non-hydrogen) atoms. The van der Waals surface area contributed by atoms with Crippen molar-refractivity contribution in [2.24, 2.45) is 0 Å². The molecule has 1 aromatic rings. The first-order valence-electron chi connectivity index (χ1n) is 6.29. The summed E-state index contributed by atoms with van der Waals surface area (Å²) in [4.78, 5) is 0. The maximum atomic E-state index is 8.97. The molecule has 0 aliphatic rings. The minimum Gasteiger partial charge on any atom is -0.302 e. The lowest BCUT2D eigenvalue weighted by Gasteiger charge is -2.10. The van der Waals surface area contributed by atoms with E-state index in [1.54, 1.807) is 0 Å². The minimum absolute atomic E-state index is 0.0750. The average molecular weight is 234 g/mol. The summed E-state index contributed by atoms with van der Waals surface area (Å²) in [7, 11) is 0. The van der Waals surface area contributed by atoms with Crippen molar-refractivity contribution in [3.05, 3.63) is 17.0 Å². The molecule has 0 aromatic carbocycles. The van der Waals surface area contributed by atoms with E-state index < -0.39 is 0 Å². The Labute approximate surface area is 104 Å². The van der Waals surface area contributed by atoms with Gasteiger partial charge in [-0.25, -0.2) is 0 Å². The maximum Gasteiger partial charge on any atom is 0.0970 e. The topological polar surface area (TPSA) is 53.6 Å². The summed E-state index contributed by atoms with van der Waals surface area (Å²) >= 11 is 0. The van der Waals surface area contributed by atoms with Crippen LogP contribution in [0.5, 0.6) is 0 Å². The molecule has 1 unspecified atom stereocenters. The zero-order chi connectivity index (χ0) is 12.8. The Hall–Kier alpha value is -1.34. The Morgan fingerprint density at radius 1 is 1.41 bits per heavy atom. The molecule has 1 aromatic heterocycles. The Morgan fingerprint density at radius 2 is 2.12 bits per heavy atom. The minimum atomic E-state index is -0.0750. The van der Waals surface area contributed by atoms with Crippen LogP contribution >= 0.6 is 0 Å². The summed E-state index contributed by atoms with van der Waals surface area (Å²) in [6, 6.07) is 2.20. The number of aryl methyl sites for hydroxylation is 2. The van der Waals surface area contributed by atoms with Gasteiger partial charge in [0.05, 0.1) is 17.8 Å². The fourth-order valence-corrected chi connectivity index (χ4v) is 2.17. The van der Waals surface area contributed by atoms with Gasteiger partial charge >= 0.3 is 0 Å². The lowest BCUT2D eigenvalue weighted by atomic mass is 10.1. The third-order valence-electron chi connectivity index (χ3n) is 3.12. The predicted octanol–water partition coefficient (Wildman–Crippen LogP) is 1.95. The molecule has 0 saturated heterocycles. The van der Waals surface area contributed by atoms with Crippen LogP contribution in [0, 0.1) is 25.2 Å². The van der Waals surface area contributed by atoms with E-state index in [0.29, 0.717) is 0 Å². The van der Waals surface area contributed by atoms with E-state index in [1.807, 2.05) is 11.6 Å². The van der Waals surface area contributed by atoms with Crippen molar-refractivity contribution >= 4 is 0 Å². The molecule has 1 rings (SSSR count).